The molecule has 0 spiro atoms. The molecule has 0 fully saturated rings. The zero-order valence-corrected chi connectivity index (χ0v) is 15.1. The third-order valence-corrected chi connectivity index (χ3v) is 5.47. The minimum Gasteiger partial charge on any atom is -0.469 e. The van der Waals surface area contributed by atoms with Gasteiger partial charge in [-0.25, -0.2) is 13.4 Å². The molecule has 3 aromatic heterocycles. The molecule has 0 saturated carbocycles. The van der Waals surface area contributed by atoms with Crippen molar-refractivity contribution in [1.82, 2.24) is 9.55 Å². The minimum absolute atomic E-state index is 0.310. The summed E-state index contributed by atoms with van der Waals surface area (Å²) in [6.07, 6.45) is 6.43. The molecular formula is C20H18N2O3S. The van der Waals surface area contributed by atoms with Gasteiger partial charge in [0.2, 0.25) is 0 Å². The summed E-state index contributed by atoms with van der Waals surface area (Å²) >= 11 is 0. The number of hydrogen-bond acceptors (Lipinski definition) is 4. The maximum absolute atomic E-state index is 11.6. The van der Waals surface area contributed by atoms with Crippen LogP contribution in [0, 0.1) is 0 Å². The van der Waals surface area contributed by atoms with Crippen LogP contribution in [0.2, 0.25) is 0 Å². The predicted molar refractivity (Wildman–Crippen MR) is 100 cm³/mol. The fraction of sp³-hybridized carbons (Fsp3) is 0.150. The van der Waals surface area contributed by atoms with Gasteiger partial charge in [-0.15, -0.1) is 0 Å². The average molecular weight is 366 g/mol. The van der Waals surface area contributed by atoms with E-state index >= 15 is 0 Å². The van der Waals surface area contributed by atoms with Crippen molar-refractivity contribution in [1.29, 1.82) is 0 Å². The summed E-state index contributed by atoms with van der Waals surface area (Å²) in [5.74, 6) is 0.943. The van der Waals surface area contributed by atoms with E-state index in [1.54, 1.807) is 30.5 Å². The fourth-order valence-corrected chi connectivity index (χ4v) is 3.58. The average Bonchev–Trinajstić information content (AvgIpc) is 3.28. The molecule has 5 nitrogen and oxygen atoms in total. The second-order valence-corrected chi connectivity index (χ2v) is 8.26. The number of nitrogens with zero attached hydrogens (tertiary/aromatic N) is 2. The highest BCUT2D eigenvalue weighted by molar-refractivity contribution is 7.90. The van der Waals surface area contributed by atoms with E-state index in [2.05, 4.69) is 6.07 Å². The molecule has 0 atom stereocenters. The highest BCUT2D eigenvalue weighted by Crippen LogP contribution is 2.21. The third kappa shape index (κ3) is 3.28. The summed E-state index contributed by atoms with van der Waals surface area (Å²) in [4.78, 5) is 5.10. The lowest BCUT2D eigenvalue weighted by Crippen LogP contribution is -2.00. The number of furan rings is 1. The van der Waals surface area contributed by atoms with Gasteiger partial charge in [0.1, 0.15) is 11.4 Å². The maximum Gasteiger partial charge on any atom is 0.175 e. The molecule has 0 aliphatic carbocycles. The van der Waals surface area contributed by atoms with Gasteiger partial charge in [-0.3, -0.25) is 0 Å². The zero-order chi connectivity index (χ0) is 18.1. The molecule has 26 heavy (non-hydrogen) atoms. The monoisotopic (exact) mass is 366 g/mol. The van der Waals surface area contributed by atoms with Crippen molar-refractivity contribution in [2.75, 3.05) is 6.26 Å². The summed E-state index contributed by atoms with van der Waals surface area (Å²) < 4.78 is 30.6. The van der Waals surface area contributed by atoms with Crippen molar-refractivity contribution in [2.45, 2.75) is 17.7 Å². The Bertz CT molecular complexity index is 1140. The summed E-state index contributed by atoms with van der Waals surface area (Å²) in [6, 6.07) is 16.8. The molecule has 4 rings (SSSR count). The SMILES string of the molecule is CS(=O)(=O)c1ccc(-n2ccc3ccc(CCc4ccco4)nc32)cc1. The van der Waals surface area contributed by atoms with E-state index in [1.165, 1.54) is 6.26 Å². The van der Waals surface area contributed by atoms with Crippen LogP contribution in [0.1, 0.15) is 11.5 Å². The molecule has 3 heterocycles. The van der Waals surface area contributed by atoms with Gasteiger partial charge in [-0.2, -0.15) is 0 Å². The smallest absolute Gasteiger partial charge is 0.175 e. The van der Waals surface area contributed by atoms with Gasteiger partial charge in [0.15, 0.2) is 9.84 Å². The molecule has 6 heteroatoms. The molecule has 0 amide bonds. The van der Waals surface area contributed by atoms with Gasteiger partial charge in [0.25, 0.3) is 0 Å². The predicted octanol–water partition coefficient (Wildman–Crippen LogP) is 3.81. The van der Waals surface area contributed by atoms with E-state index in [4.69, 9.17) is 9.40 Å². The molecule has 0 radical (unpaired) electrons. The second-order valence-electron chi connectivity index (χ2n) is 6.25. The first kappa shape index (κ1) is 16.6. The van der Waals surface area contributed by atoms with E-state index in [9.17, 15) is 8.42 Å². The van der Waals surface area contributed by atoms with Crippen LogP contribution in [0.3, 0.4) is 0 Å². The lowest BCUT2D eigenvalue weighted by Gasteiger charge is -2.07. The van der Waals surface area contributed by atoms with Gasteiger partial charge in [-0.05, 0) is 61.0 Å². The van der Waals surface area contributed by atoms with Gasteiger partial charge in [0, 0.05) is 35.6 Å². The van der Waals surface area contributed by atoms with Gasteiger partial charge >= 0.3 is 0 Å². The number of aromatic nitrogens is 2. The lowest BCUT2D eigenvalue weighted by molar-refractivity contribution is 0.507. The number of benzene rings is 1. The quantitative estimate of drug-likeness (QED) is 0.539. The first-order chi connectivity index (χ1) is 12.5. The Kier molecular flexibility index (Phi) is 4.12. The highest BCUT2D eigenvalue weighted by atomic mass is 32.2. The first-order valence-electron chi connectivity index (χ1n) is 8.30. The van der Waals surface area contributed by atoms with Crippen molar-refractivity contribution in [3.8, 4) is 5.69 Å². The molecule has 0 N–H and O–H groups in total. The second kappa shape index (κ2) is 6.46. The fourth-order valence-electron chi connectivity index (χ4n) is 2.95. The summed E-state index contributed by atoms with van der Waals surface area (Å²) in [5, 5.41) is 1.04. The van der Waals surface area contributed by atoms with Crippen molar-refractivity contribution < 1.29 is 12.8 Å². The van der Waals surface area contributed by atoms with Crippen LogP contribution in [0.4, 0.5) is 0 Å². The first-order valence-corrected chi connectivity index (χ1v) is 10.2. The summed E-state index contributed by atoms with van der Waals surface area (Å²) in [6.45, 7) is 0. The number of pyridine rings is 1. The molecule has 4 aromatic rings. The number of aryl methyl sites for hydroxylation is 2. The molecule has 132 valence electrons. The molecule has 0 unspecified atom stereocenters. The highest BCUT2D eigenvalue weighted by Gasteiger charge is 2.10. The van der Waals surface area contributed by atoms with Crippen molar-refractivity contribution >= 4 is 20.9 Å². The Labute approximate surface area is 151 Å². The Morgan fingerprint density at radius 3 is 2.50 bits per heavy atom. The van der Waals surface area contributed by atoms with E-state index in [0.717, 1.165) is 41.0 Å². The number of sulfone groups is 1. The molecule has 1 aromatic carbocycles. The minimum atomic E-state index is -3.20. The van der Waals surface area contributed by atoms with Crippen LogP contribution < -0.4 is 0 Å². The molecule has 0 saturated heterocycles. The van der Waals surface area contributed by atoms with E-state index < -0.39 is 9.84 Å². The summed E-state index contributed by atoms with van der Waals surface area (Å²) in [5.41, 5.74) is 2.72. The topological polar surface area (TPSA) is 65.1 Å². The van der Waals surface area contributed by atoms with Gasteiger partial charge < -0.3 is 8.98 Å². The summed E-state index contributed by atoms with van der Waals surface area (Å²) in [7, 11) is -3.20. The largest absolute Gasteiger partial charge is 0.469 e. The van der Waals surface area contributed by atoms with E-state index in [-0.39, 0.29) is 0 Å². The van der Waals surface area contributed by atoms with Crippen LogP contribution in [0.25, 0.3) is 16.7 Å². The van der Waals surface area contributed by atoms with Crippen LogP contribution in [0.15, 0.2) is 76.4 Å². The third-order valence-electron chi connectivity index (χ3n) is 4.35. The van der Waals surface area contributed by atoms with E-state index in [0.29, 0.717) is 4.90 Å². The molecule has 0 aliphatic rings. The standard InChI is InChI=1S/C20H18N2O3S/c1-26(23,24)19-10-7-17(8-11-19)22-13-12-15-4-5-16(21-20(15)22)6-9-18-3-2-14-25-18/h2-5,7-8,10-14H,6,9H2,1H3. The molecule has 0 bridgehead atoms. The maximum atomic E-state index is 11.6. The van der Waals surface area contributed by atoms with Crippen molar-refractivity contribution in [2.24, 2.45) is 0 Å². The Morgan fingerprint density at radius 1 is 1.00 bits per heavy atom. The van der Waals surface area contributed by atoms with Crippen LogP contribution in [0.5, 0.6) is 0 Å². The number of fused-ring (bicyclic) bond motifs is 1. The molecular weight excluding hydrogens is 348 g/mol. The van der Waals surface area contributed by atoms with Crippen LogP contribution in [-0.4, -0.2) is 24.2 Å². The van der Waals surface area contributed by atoms with Gasteiger partial charge in [-0.1, -0.05) is 0 Å². The lowest BCUT2D eigenvalue weighted by atomic mass is 10.2. The normalized spacial score (nSPS) is 11.9. The van der Waals surface area contributed by atoms with Crippen LogP contribution in [-0.2, 0) is 22.7 Å². The Morgan fingerprint density at radius 2 is 1.81 bits per heavy atom. The number of hydrogen-bond donors (Lipinski definition) is 0. The van der Waals surface area contributed by atoms with Gasteiger partial charge in [0.05, 0.1) is 11.2 Å². The zero-order valence-electron chi connectivity index (χ0n) is 14.3. The Hall–Kier alpha value is -2.86. The number of rotatable bonds is 5. The van der Waals surface area contributed by atoms with Crippen molar-refractivity contribution in [3.63, 3.8) is 0 Å². The Balaban J connectivity index is 1.66. The van der Waals surface area contributed by atoms with Crippen LogP contribution >= 0.6 is 0 Å². The molecule has 0 aliphatic heterocycles. The van der Waals surface area contributed by atoms with Crippen molar-refractivity contribution in [3.05, 3.63) is 78.5 Å². The van der Waals surface area contributed by atoms with E-state index in [1.807, 2.05) is 35.0 Å².